The van der Waals surface area contributed by atoms with E-state index in [1.54, 1.807) is 42.7 Å². The molecular weight excluding hydrogens is 481 g/mol. The molecule has 0 bridgehead atoms. The maximum atomic E-state index is 13.2. The quantitative estimate of drug-likeness (QED) is 0.398. The summed E-state index contributed by atoms with van der Waals surface area (Å²) in [4.78, 5) is 50.7. The van der Waals surface area contributed by atoms with E-state index in [0.29, 0.717) is 22.6 Å². The number of imide groups is 2. The van der Waals surface area contributed by atoms with Crippen LogP contribution in [0.15, 0.2) is 54.1 Å². The molecule has 2 aromatic carbocycles. The summed E-state index contributed by atoms with van der Waals surface area (Å²) >= 11 is 12.2. The first kappa shape index (κ1) is 23.3. The van der Waals surface area contributed by atoms with Crippen molar-refractivity contribution in [3.05, 3.63) is 86.7 Å². The van der Waals surface area contributed by atoms with Gasteiger partial charge in [0.2, 0.25) is 0 Å². The van der Waals surface area contributed by atoms with Crippen molar-refractivity contribution in [1.82, 2.24) is 9.88 Å². The van der Waals surface area contributed by atoms with E-state index in [-0.39, 0.29) is 26.9 Å². The summed E-state index contributed by atoms with van der Waals surface area (Å²) in [5, 5.41) is 11.8. The molecule has 4 rings (SSSR count). The highest BCUT2D eigenvalue weighted by Crippen LogP contribution is 2.34. The fourth-order valence-corrected chi connectivity index (χ4v) is 4.23. The topological polar surface area (TPSA) is 109 Å². The summed E-state index contributed by atoms with van der Waals surface area (Å²) in [7, 11) is 0. The molecule has 0 atom stereocenters. The lowest BCUT2D eigenvalue weighted by Crippen LogP contribution is -2.54. The van der Waals surface area contributed by atoms with Gasteiger partial charge in [-0.2, -0.15) is 0 Å². The van der Waals surface area contributed by atoms with E-state index in [1.165, 1.54) is 30.3 Å². The number of nitrogens with one attached hydrogen (secondary N) is 1. The predicted octanol–water partition coefficient (Wildman–Crippen LogP) is 4.77. The number of carboxylic acids is 1. The van der Waals surface area contributed by atoms with Gasteiger partial charge in [0.1, 0.15) is 5.57 Å². The van der Waals surface area contributed by atoms with Crippen LogP contribution < -0.4 is 10.2 Å². The molecule has 0 radical (unpaired) electrons. The molecule has 34 heavy (non-hydrogen) atoms. The number of amides is 4. The number of rotatable bonds is 4. The fourth-order valence-electron chi connectivity index (χ4n) is 3.85. The molecule has 1 aliphatic rings. The summed E-state index contributed by atoms with van der Waals surface area (Å²) in [6, 6.07) is 11.7. The highest BCUT2D eigenvalue weighted by Gasteiger charge is 2.38. The van der Waals surface area contributed by atoms with Crippen LogP contribution in [-0.4, -0.2) is 33.5 Å². The van der Waals surface area contributed by atoms with E-state index in [2.05, 4.69) is 5.32 Å². The van der Waals surface area contributed by atoms with Gasteiger partial charge in [-0.25, -0.2) is 14.5 Å². The second-order valence-electron chi connectivity index (χ2n) is 7.51. The van der Waals surface area contributed by atoms with Crippen molar-refractivity contribution in [3.63, 3.8) is 0 Å². The van der Waals surface area contributed by atoms with E-state index in [1.807, 2.05) is 0 Å². The van der Waals surface area contributed by atoms with Gasteiger partial charge in [-0.05, 0) is 55.8 Å². The Kier molecular flexibility index (Phi) is 6.03. The molecule has 1 aliphatic heterocycles. The number of aryl methyl sites for hydroxylation is 1. The van der Waals surface area contributed by atoms with E-state index in [0.717, 1.165) is 4.90 Å². The van der Waals surface area contributed by atoms with Gasteiger partial charge in [-0.15, -0.1) is 0 Å². The normalized spacial score (nSPS) is 15.1. The van der Waals surface area contributed by atoms with Gasteiger partial charge in [-0.1, -0.05) is 41.4 Å². The number of hydrogen-bond donors (Lipinski definition) is 2. The third kappa shape index (κ3) is 3.87. The number of aromatic nitrogens is 1. The molecule has 0 aliphatic carbocycles. The highest BCUT2D eigenvalue weighted by atomic mass is 35.5. The number of carbonyl (C=O) groups excluding carboxylic acids is 3. The van der Waals surface area contributed by atoms with Gasteiger partial charge < -0.3 is 9.67 Å². The summed E-state index contributed by atoms with van der Waals surface area (Å²) < 4.78 is 1.72. The Morgan fingerprint density at radius 1 is 1.00 bits per heavy atom. The van der Waals surface area contributed by atoms with Crippen molar-refractivity contribution in [2.75, 3.05) is 4.90 Å². The zero-order chi connectivity index (χ0) is 24.7. The molecule has 172 valence electrons. The number of nitrogens with zero attached hydrogens (tertiary/aromatic N) is 2. The number of halogens is 2. The van der Waals surface area contributed by atoms with Crippen LogP contribution in [0.4, 0.5) is 10.5 Å². The minimum absolute atomic E-state index is 0.00942. The largest absolute Gasteiger partial charge is 0.478 e. The van der Waals surface area contributed by atoms with Crippen LogP contribution in [0.5, 0.6) is 0 Å². The van der Waals surface area contributed by atoms with E-state index < -0.39 is 23.8 Å². The first-order chi connectivity index (χ1) is 16.1. The highest BCUT2D eigenvalue weighted by molar-refractivity contribution is 6.46. The average molecular weight is 498 g/mol. The van der Waals surface area contributed by atoms with Crippen molar-refractivity contribution in [3.8, 4) is 5.69 Å². The van der Waals surface area contributed by atoms with Crippen LogP contribution >= 0.6 is 23.2 Å². The number of barbiturate groups is 1. The van der Waals surface area contributed by atoms with Crippen molar-refractivity contribution in [1.29, 1.82) is 0 Å². The minimum Gasteiger partial charge on any atom is -0.478 e. The standard InChI is InChI=1S/C24H17Cl2N3O5/c1-12-10-14(13(2)28(12)18-8-4-3-6-15(18)23(32)33)11-16-21(30)27-24(34)29(22(16)31)19-9-5-7-17(25)20(19)26/h3-11H,1-2H3,(H,32,33)(H,27,30,34)/b16-11+. The van der Waals surface area contributed by atoms with E-state index in [4.69, 9.17) is 23.2 Å². The van der Waals surface area contributed by atoms with Gasteiger partial charge in [0.15, 0.2) is 0 Å². The molecule has 0 unspecified atom stereocenters. The number of carboxylic acid groups (broad SMARTS) is 1. The monoisotopic (exact) mass is 497 g/mol. The average Bonchev–Trinajstić information content (AvgIpc) is 3.06. The third-order valence-electron chi connectivity index (χ3n) is 5.42. The lowest BCUT2D eigenvalue weighted by Gasteiger charge is -2.27. The lowest BCUT2D eigenvalue weighted by molar-refractivity contribution is -0.122. The Labute approximate surface area is 204 Å². The summed E-state index contributed by atoms with van der Waals surface area (Å²) in [6.07, 6.45) is 1.36. The van der Waals surface area contributed by atoms with Gasteiger partial charge >= 0.3 is 12.0 Å². The predicted molar refractivity (Wildman–Crippen MR) is 128 cm³/mol. The minimum atomic E-state index is -1.09. The molecular formula is C24H17Cl2N3O5. The lowest BCUT2D eigenvalue weighted by atomic mass is 10.1. The molecule has 1 saturated heterocycles. The van der Waals surface area contributed by atoms with Crippen LogP contribution in [0.2, 0.25) is 10.0 Å². The van der Waals surface area contributed by atoms with Crippen LogP contribution in [0.3, 0.4) is 0 Å². The molecule has 2 N–H and O–H groups in total. The van der Waals surface area contributed by atoms with Crippen molar-refractivity contribution < 1.29 is 24.3 Å². The summed E-state index contributed by atoms with van der Waals surface area (Å²) in [6.45, 7) is 3.51. The third-order valence-corrected chi connectivity index (χ3v) is 6.23. The smallest absolute Gasteiger partial charge is 0.337 e. The number of benzene rings is 2. The first-order valence-corrected chi connectivity index (χ1v) is 10.7. The SMILES string of the molecule is Cc1cc(/C=C2\C(=O)NC(=O)N(c3cccc(Cl)c3Cl)C2=O)c(C)n1-c1ccccc1C(=O)O. The number of aromatic carboxylic acids is 1. The molecule has 4 amide bonds. The Balaban J connectivity index is 1.82. The molecule has 3 aromatic rings. The second kappa shape index (κ2) is 8.81. The van der Waals surface area contributed by atoms with Gasteiger partial charge in [-0.3, -0.25) is 14.9 Å². The molecule has 8 nitrogen and oxygen atoms in total. The van der Waals surface area contributed by atoms with Crippen molar-refractivity contribution in [2.45, 2.75) is 13.8 Å². The van der Waals surface area contributed by atoms with Crippen LogP contribution in [0.1, 0.15) is 27.3 Å². The number of para-hydroxylation sites is 1. The van der Waals surface area contributed by atoms with E-state index in [9.17, 15) is 24.3 Å². The van der Waals surface area contributed by atoms with Gasteiger partial charge in [0.25, 0.3) is 11.8 Å². The number of anilines is 1. The number of hydrogen-bond acceptors (Lipinski definition) is 4. The second-order valence-corrected chi connectivity index (χ2v) is 8.30. The summed E-state index contributed by atoms with van der Waals surface area (Å²) in [5.41, 5.74) is 2.08. The fraction of sp³-hybridized carbons (Fsp3) is 0.0833. The maximum absolute atomic E-state index is 13.2. The van der Waals surface area contributed by atoms with Crippen molar-refractivity contribution in [2.24, 2.45) is 0 Å². The Morgan fingerprint density at radius 3 is 2.38 bits per heavy atom. The van der Waals surface area contributed by atoms with Crippen LogP contribution in [-0.2, 0) is 9.59 Å². The zero-order valence-electron chi connectivity index (χ0n) is 17.9. The zero-order valence-corrected chi connectivity index (χ0v) is 19.4. The van der Waals surface area contributed by atoms with E-state index >= 15 is 0 Å². The Hall–Kier alpha value is -3.88. The summed E-state index contributed by atoms with van der Waals surface area (Å²) in [5.74, 6) is -2.81. The number of carbonyl (C=O) groups is 4. The number of urea groups is 1. The van der Waals surface area contributed by atoms with Gasteiger partial charge in [0, 0.05) is 11.4 Å². The Bertz CT molecular complexity index is 1420. The molecule has 0 spiro atoms. The molecule has 1 fully saturated rings. The maximum Gasteiger partial charge on any atom is 0.337 e. The molecule has 10 heteroatoms. The molecule has 1 aromatic heterocycles. The van der Waals surface area contributed by atoms with Crippen LogP contribution in [0, 0.1) is 13.8 Å². The first-order valence-electron chi connectivity index (χ1n) is 9.99. The van der Waals surface area contributed by atoms with Crippen molar-refractivity contribution >= 4 is 58.8 Å². The molecule has 2 heterocycles. The molecule has 0 saturated carbocycles. The van der Waals surface area contributed by atoms with Crippen LogP contribution in [0.25, 0.3) is 11.8 Å². The van der Waals surface area contributed by atoms with Gasteiger partial charge in [0.05, 0.1) is 27.0 Å². The Morgan fingerprint density at radius 2 is 1.68 bits per heavy atom.